The fourth-order valence-electron chi connectivity index (χ4n) is 6.79. The first-order valence-electron chi connectivity index (χ1n) is 12.0. The molecule has 3 fully saturated rings. The highest BCUT2D eigenvalue weighted by atomic mass is 35.5. The molecule has 2 saturated carbocycles. The number of carbonyl (C=O) groups excluding carboxylic acids is 2. The van der Waals surface area contributed by atoms with E-state index in [1.807, 2.05) is 43.3 Å². The molecule has 1 saturated heterocycles. The number of benzene rings is 2. The molecule has 5 aliphatic rings. The monoisotopic (exact) mass is 469 g/mol. The third kappa shape index (κ3) is 2.70. The largest absolute Gasteiger partial charge is 0.340 e. The molecule has 170 valence electrons. The minimum absolute atomic E-state index is 0.131. The molecular weight excluding hydrogens is 446 g/mol. The number of halogens is 1. The highest BCUT2D eigenvalue weighted by Gasteiger charge is 2.67. The fourth-order valence-corrected chi connectivity index (χ4v) is 6.99. The van der Waals surface area contributed by atoms with E-state index in [4.69, 9.17) is 11.6 Å². The predicted octanol–water partition coefficient (Wildman–Crippen LogP) is 5.04. The lowest BCUT2D eigenvalue weighted by atomic mass is 9.63. The molecule has 34 heavy (non-hydrogen) atoms. The molecule has 2 bridgehead atoms. The van der Waals surface area contributed by atoms with Crippen molar-refractivity contribution in [1.29, 1.82) is 0 Å². The number of para-hydroxylation sites is 1. The predicted molar refractivity (Wildman–Crippen MR) is 131 cm³/mol. The van der Waals surface area contributed by atoms with E-state index in [0.717, 1.165) is 44.2 Å². The minimum atomic E-state index is -0.230. The van der Waals surface area contributed by atoms with E-state index < -0.39 is 0 Å². The number of nitrogens with zero attached hydrogens (tertiary/aromatic N) is 3. The molecule has 1 aliphatic heterocycles. The summed E-state index contributed by atoms with van der Waals surface area (Å²) >= 11 is 6.44. The third-order valence-electron chi connectivity index (χ3n) is 8.51. The molecular formula is C28H24ClN3O2. The van der Waals surface area contributed by atoms with Gasteiger partial charge in [-0.25, -0.2) is 0 Å². The van der Waals surface area contributed by atoms with Gasteiger partial charge in [0, 0.05) is 33.7 Å². The van der Waals surface area contributed by atoms with Gasteiger partial charge in [-0.3, -0.25) is 9.59 Å². The number of imide groups is 1. The Morgan fingerprint density at radius 3 is 2.32 bits per heavy atom. The summed E-state index contributed by atoms with van der Waals surface area (Å²) in [6.07, 6.45) is 7.23. The molecule has 3 aromatic rings. The Morgan fingerprint density at radius 1 is 0.971 bits per heavy atom. The normalized spacial score (nSPS) is 31.1. The zero-order chi connectivity index (χ0) is 23.1. The van der Waals surface area contributed by atoms with Gasteiger partial charge in [0.1, 0.15) is 0 Å². The molecule has 0 radical (unpaired) electrons. The van der Waals surface area contributed by atoms with Crippen molar-refractivity contribution < 1.29 is 9.59 Å². The fraction of sp³-hybridized carbons (Fsp3) is 0.321. The van der Waals surface area contributed by atoms with Crippen LogP contribution in [0, 0.1) is 42.4 Å². The molecule has 4 aliphatic carbocycles. The number of aromatic nitrogens is 1. The van der Waals surface area contributed by atoms with Gasteiger partial charge in [0.15, 0.2) is 0 Å². The van der Waals surface area contributed by atoms with Crippen molar-refractivity contribution in [3.63, 3.8) is 0 Å². The molecule has 6 atom stereocenters. The molecule has 0 spiro atoms. The standard InChI is InChI=1S/C28H24ClN3O2/c1-15-22(17-7-3-5-9-24(17)31(15)14-16-6-2-4-8-23(16)29)13-30-32-27(33)25-18-10-11-19(21-12-20(18)21)26(25)28(32)34/h2-11,13,18-21,25-26H,12,14H2,1H3/b30-13+. The van der Waals surface area contributed by atoms with Crippen molar-refractivity contribution in [2.24, 2.45) is 40.6 Å². The van der Waals surface area contributed by atoms with Gasteiger partial charge in [0.25, 0.3) is 11.8 Å². The smallest absolute Gasteiger partial charge is 0.254 e. The lowest BCUT2D eigenvalue weighted by molar-refractivity contribution is -0.140. The highest BCUT2D eigenvalue weighted by molar-refractivity contribution is 6.31. The molecule has 6 unspecified atom stereocenters. The molecule has 2 heterocycles. The Balaban J connectivity index is 1.25. The Labute approximate surface area is 202 Å². The first-order chi connectivity index (χ1) is 16.5. The average molecular weight is 470 g/mol. The van der Waals surface area contributed by atoms with E-state index in [9.17, 15) is 9.59 Å². The highest BCUT2D eigenvalue weighted by Crippen LogP contribution is 2.65. The SMILES string of the molecule is Cc1c(/C=N/N2C(=O)C3C4C=CC(C5CC45)C3C2=O)c2ccccc2n1Cc1ccccc1Cl. The summed E-state index contributed by atoms with van der Waals surface area (Å²) in [4.78, 5) is 26.6. The summed E-state index contributed by atoms with van der Waals surface area (Å²) in [7, 11) is 0. The summed E-state index contributed by atoms with van der Waals surface area (Å²) in [5.41, 5.74) is 4.04. The van der Waals surface area contributed by atoms with Crippen LogP contribution in [0.4, 0.5) is 0 Å². The summed E-state index contributed by atoms with van der Waals surface area (Å²) < 4.78 is 2.21. The van der Waals surface area contributed by atoms with E-state index in [2.05, 4.69) is 34.0 Å². The zero-order valence-corrected chi connectivity index (χ0v) is 19.5. The van der Waals surface area contributed by atoms with Crippen LogP contribution < -0.4 is 0 Å². The number of fused-ring (bicyclic) bond motifs is 1. The van der Waals surface area contributed by atoms with Crippen molar-refractivity contribution in [3.05, 3.63) is 82.5 Å². The second kappa shape index (κ2) is 7.16. The molecule has 2 aromatic carbocycles. The van der Waals surface area contributed by atoms with E-state index in [1.165, 1.54) is 0 Å². The van der Waals surface area contributed by atoms with Crippen molar-refractivity contribution in [2.75, 3.05) is 0 Å². The second-order valence-electron chi connectivity index (χ2n) is 10.1. The topological polar surface area (TPSA) is 54.7 Å². The van der Waals surface area contributed by atoms with E-state index in [0.29, 0.717) is 18.4 Å². The first-order valence-corrected chi connectivity index (χ1v) is 12.3. The van der Waals surface area contributed by atoms with E-state index in [1.54, 1.807) is 6.21 Å². The Bertz CT molecular complexity index is 1400. The summed E-state index contributed by atoms with van der Waals surface area (Å²) in [5, 5.41) is 7.43. The van der Waals surface area contributed by atoms with Gasteiger partial charge < -0.3 is 4.57 Å². The third-order valence-corrected chi connectivity index (χ3v) is 8.88. The molecule has 1 aromatic heterocycles. The summed E-state index contributed by atoms with van der Waals surface area (Å²) in [6, 6.07) is 16.0. The number of amides is 2. The van der Waals surface area contributed by atoms with Gasteiger partial charge >= 0.3 is 0 Å². The number of carbonyl (C=O) groups is 2. The zero-order valence-electron chi connectivity index (χ0n) is 18.8. The maximum absolute atomic E-state index is 13.3. The molecule has 5 nitrogen and oxygen atoms in total. The van der Waals surface area contributed by atoms with E-state index in [-0.39, 0.29) is 35.5 Å². The van der Waals surface area contributed by atoms with Gasteiger partial charge in [0.2, 0.25) is 0 Å². The van der Waals surface area contributed by atoms with Crippen molar-refractivity contribution in [2.45, 2.75) is 19.9 Å². The van der Waals surface area contributed by atoms with Crippen LogP contribution in [-0.2, 0) is 16.1 Å². The Kier molecular flexibility index (Phi) is 4.26. The number of rotatable bonds is 4. The molecule has 6 heteroatoms. The van der Waals surface area contributed by atoms with Crippen LogP contribution in [0.5, 0.6) is 0 Å². The quantitative estimate of drug-likeness (QED) is 0.305. The van der Waals surface area contributed by atoms with Crippen LogP contribution in [0.3, 0.4) is 0 Å². The van der Waals surface area contributed by atoms with Gasteiger partial charge in [-0.2, -0.15) is 10.1 Å². The lowest BCUT2D eigenvalue weighted by Gasteiger charge is -2.37. The van der Waals surface area contributed by atoms with E-state index >= 15 is 0 Å². The van der Waals surface area contributed by atoms with Crippen LogP contribution in [0.15, 0.2) is 65.8 Å². The number of hydrogen-bond acceptors (Lipinski definition) is 3. The van der Waals surface area contributed by atoms with Crippen molar-refractivity contribution in [3.8, 4) is 0 Å². The first kappa shape index (κ1) is 20.2. The maximum Gasteiger partial charge on any atom is 0.254 e. The summed E-state index contributed by atoms with van der Waals surface area (Å²) in [6.45, 7) is 2.67. The molecule has 0 N–H and O–H groups in total. The van der Waals surface area contributed by atoms with Crippen LogP contribution >= 0.6 is 11.6 Å². The van der Waals surface area contributed by atoms with Crippen LogP contribution in [0.2, 0.25) is 5.02 Å². The van der Waals surface area contributed by atoms with Crippen molar-refractivity contribution >= 4 is 40.5 Å². The Hall–Kier alpha value is -3.18. The summed E-state index contributed by atoms with van der Waals surface area (Å²) in [5.74, 6) is 0.856. The van der Waals surface area contributed by atoms with Gasteiger partial charge in [-0.1, -0.05) is 60.2 Å². The average Bonchev–Trinajstić information content (AvgIpc) is 3.59. The van der Waals surface area contributed by atoms with Crippen LogP contribution in [0.1, 0.15) is 23.2 Å². The van der Waals surface area contributed by atoms with Gasteiger partial charge in [0.05, 0.1) is 18.1 Å². The second-order valence-corrected chi connectivity index (χ2v) is 10.5. The number of hydrazone groups is 1. The maximum atomic E-state index is 13.3. The van der Waals surface area contributed by atoms with Crippen LogP contribution in [0.25, 0.3) is 10.9 Å². The van der Waals surface area contributed by atoms with Gasteiger partial charge in [-0.05, 0) is 54.7 Å². The number of allylic oxidation sites excluding steroid dienone is 2. The number of hydrogen-bond donors (Lipinski definition) is 0. The Morgan fingerprint density at radius 2 is 1.62 bits per heavy atom. The molecule has 2 amide bonds. The van der Waals surface area contributed by atoms with Gasteiger partial charge in [-0.15, -0.1) is 0 Å². The minimum Gasteiger partial charge on any atom is -0.340 e. The van der Waals surface area contributed by atoms with Crippen LogP contribution in [-0.4, -0.2) is 27.6 Å². The lowest BCUT2D eigenvalue weighted by Crippen LogP contribution is -2.40. The van der Waals surface area contributed by atoms with Crippen molar-refractivity contribution in [1.82, 2.24) is 9.58 Å². The molecule has 8 rings (SSSR count).